The van der Waals surface area contributed by atoms with Crippen molar-refractivity contribution in [2.75, 3.05) is 0 Å². The highest BCUT2D eigenvalue weighted by Gasteiger charge is 2.30. The average Bonchev–Trinajstić information content (AvgIpc) is 2.40. The molecule has 2 unspecified atom stereocenters. The number of hydrogen-bond acceptors (Lipinski definition) is 1. The van der Waals surface area contributed by atoms with E-state index in [1.807, 2.05) is 0 Å². The molecule has 0 aromatic carbocycles. The normalized spacial score (nSPS) is 34.8. The van der Waals surface area contributed by atoms with E-state index in [0.717, 1.165) is 5.92 Å². The first-order chi connectivity index (χ1) is 5.83. The SMILES string of the molecule is CCC1C2=C(CCCC2)NC1C. The third kappa shape index (κ3) is 1.16. The Morgan fingerprint density at radius 2 is 2.08 bits per heavy atom. The van der Waals surface area contributed by atoms with Crippen LogP contribution in [0.2, 0.25) is 0 Å². The molecule has 12 heavy (non-hydrogen) atoms. The summed E-state index contributed by atoms with van der Waals surface area (Å²) in [6.07, 6.45) is 6.81. The van der Waals surface area contributed by atoms with Gasteiger partial charge in [-0.3, -0.25) is 0 Å². The molecule has 1 N–H and O–H groups in total. The third-order valence-electron chi connectivity index (χ3n) is 3.40. The van der Waals surface area contributed by atoms with Gasteiger partial charge in [-0.15, -0.1) is 0 Å². The minimum Gasteiger partial charge on any atom is -0.385 e. The Kier molecular flexibility index (Phi) is 2.12. The molecule has 1 heteroatoms. The molecule has 0 radical (unpaired) electrons. The van der Waals surface area contributed by atoms with Crippen LogP contribution < -0.4 is 5.32 Å². The molecular weight excluding hydrogens is 146 g/mol. The van der Waals surface area contributed by atoms with Crippen LogP contribution in [0.5, 0.6) is 0 Å². The van der Waals surface area contributed by atoms with Gasteiger partial charge in [-0.25, -0.2) is 0 Å². The van der Waals surface area contributed by atoms with Crippen LogP contribution in [0.4, 0.5) is 0 Å². The number of allylic oxidation sites excluding steroid dienone is 1. The fraction of sp³-hybridized carbons (Fsp3) is 0.818. The minimum absolute atomic E-state index is 0.707. The molecule has 0 aromatic rings. The summed E-state index contributed by atoms with van der Waals surface area (Å²) in [6, 6.07) is 0.707. The van der Waals surface area contributed by atoms with Gasteiger partial charge >= 0.3 is 0 Å². The molecule has 2 atom stereocenters. The summed E-state index contributed by atoms with van der Waals surface area (Å²) in [6.45, 7) is 4.64. The lowest BCUT2D eigenvalue weighted by Crippen LogP contribution is -2.24. The quantitative estimate of drug-likeness (QED) is 0.630. The summed E-state index contributed by atoms with van der Waals surface area (Å²) in [5.74, 6) is 0.847. The molecule has 68 valence electrons. The molecule has 0 fully saturated rings. The second kappa shape index (κ2) is 3.12. The van der Waals surface area contributed by atoms with Crippen LogP contribution in [0.25, 0.3) is 0 Å². The zero-order valence-corrected chi connectivity index (χ0v) is 8.19. The fourth-order valence-electron chi connectivity index (χ4n) is 2.78. The summed E-state index contributed by atoms with van der Waals surface area (Å²) < 4.78 is 0. The Morgan fingerprint density at radius 1 is 1.33 bits per heavy atom. The zero-order chi connectivity index (χ0) is 8.55. The minimum atomic E-state index is 0.707. The van der Waals surface area contributed by atoms with Gasteiger partial charge in [0.1, 0.15) is 0 Å². The smallest absolute Gasteiger partial charge is 0.0296 e. The second-order valence-electron chi connectivity index (χ2n) is 4.16. The van der Waals surface area contributed by atoms with Crippen LogP contribution in [-0.2, 0) is 0 Å². The van der Waals surface area contributed by atoms with E-state index in [0.29, 0.717) is 6.04 Å². The van der Waals surface area contributed by atoms with Crippen LogP contribution in [0.3, 0.4) is 0 Å². The van der Waals surface area contributed by atoms with Gasteiger partial charge in [0.25, 0.3) is 0 Å². The summed E-state index contributed by atoms with van der Waals surface area (Å²) in [5, 5.41) is 3.64. The highest BCUT2D eigenvalue weighted by atomic mass is 15.0. The maximum atomic E-state index is 3.64. The standard InChI is InChI=1S/C11H19N/c1-3-9-8(2)12-11-7-5-4-6-10(9)11/h8-9,12H,3-7H2,1-2H3. The van der Waals surface area contributed by atoms with Gasteiger partial charge in [0.05, 0.1) is 0 Å². The molecule has 0 bridgehead atoms. The van der Waals surface area contributed by atoms with E-state index in [1.54, 1.807) is 11.3 Å². The highest BCUT2D eigenvalue weighted by Crippen LogP contribution is 2.37. The lowest BCUT2D eigenvalue weighted by atomic mass is 9.86. The maximum absolute atomic E-state index is 3.64. The fourth-order valence-corrected chi connectivity index (χ4v) is 2.78. The van der Waals surface area contributed by atoms with E-state index in [2.05, 4.69) is 19.2 Å². The highest BCUT2D eigenvalue weighted by molar-refractivity contribution is 5.25. The first kappa shape index (κ1) is 8.15. The van der Waals surface area contributed by atoms with Gasteiger partial charge in [-0.05, 0) is 44.6 Å². The number of nitrogens with one attached hydrogen (secondary N) is 1. The molecule has 0 spiro atoms. The lowest BCUT2D eigenvalue weighted by molar-refractivity contribution is 0.477. The van der Waals surface area contributed by atoms with Crippen molar-refractivity contribution >= 4 is 0 Å². The summed E-state index contributed by atoms with van der Waals surface area (Å²) in [7, 11) is 0. The van der Waals surface area contributed by atoms with E-state index in [1.165, 1.54) is 32.1 Å². The van der Waals surface area contributed by atoms with Gasteiger partial charge in [0.15, 0.2) is 0 Å². The van der Waals surface area contributed by atoms with Crippen molar-refractivity contribution in [3.05, 3.63) is 11.3 Å². The molecule has 0 amide bonds. The van der Waals surface area contributed by atoms with Gasteiger partial charge < -0.3 is 5.32 Å². The Hall–Kier alpha value is -0.460. The van der Waals surface area contributed by atoms with Gasteiger partial charge in [-0.2, -0.15) is 0 Å². The predicted molar refractivity (Wildman–Crippen MR) is 51.9 cm³/mol. The van der Waals surface area contributed by atoms with Crippen LogP contribution in [0, 0.1) is 5.92 Å². The summed E-state index contributed by atoms with van der Waals surface area (Å²) in [5.41, 5.74) is 3.36. The number of hydrogen-bond donors (Lipinski definition) is 1. The van der Waals surface area contributed by atoms with Gasteiger partial charge in [0.2, 0.25) is 0 Å². The van der Waals surface area contributed by atoms with Crippen LogP contribution in [-0.4, -0.2) is 6.04 Å². The van der Waals surface area contributed by atoms with E-state index in [4.69, 9.17) is 0 Å². The Balaban J connectivity index is 2.19. The first-order valence-corrected chi connectivity index (χ1v) is 5.31. The summed E-state index contributed by atoms with van der Waals surface area (Å²) in [4.78, 5) is 0. The molecule has 2 aliphatic rings. The average molecular weight is 165 g/mol. The largest absolute Gasteiger partial charge is 0.385 e. The van der Waals surface area contributed by atoms with Gasteiger partial charge in [0, 0.05) is 17.7 Å². The molecule has 0 saturated carbocycles. The Bertz CT molecular complexity index is 205. The molecule has 1 nitrogen and oxygen atoms in total. The van der Waals surface area contributed by atoms with Crippen LogP contribution in [0.15, 0.2) is 11.3 Å². The predicted octanol–water partition coefficient (Wildman–Crippen LogP) is 2.83. The molecule has 0 aromatic heterocycles. The van der Waals surface area contributed by atoms with Crippen molar-refractivity contribution in [1.29, 1.82) is 0 Å². The van der Waals surface area contributed by atoms with Crippen LogP contribution in [0.1, 0.15) is 46.0 Å². The van der Waals surface area contributed by atoms with E-state index < -0.39 is 0 Å². The van der Waals surface area contributed by atoms with E-state index >= 15 is 0 Å². The lowest BCUT2D eigenvalue weighted by Gasteiger charge is -2.17. The van der Waals surface area contributed by atoms with E-state index in [9.17, 15) is 0 Å². The van der Waals surface area contributed by atoms with Crippen molar-refractivity contribution in [1.82, 2.24) is 5.32 Å². The van der Waals surface area contributed by atoms with Crippen molar-refractivity contribution in [3.63, 3.8) is 0 Å². The third-order valence-corrected chi connectivity index (χ3v) is 3.40. The first-order valence-electron chi connectivity index (χ1n) is 5.31. The molecule has 1 aliphatic carbocycles. The second-order valence-corrected chi connectivity index (χ2v) is 4.16. The zero-order valence-electron chi connectivity index (χ0n) is 8.19. The molecule has 2 rings (SSSR count). The van der Waals surface area contributed by atoms with Gasteiger partial charge in [-0.1, -0.05) is 6.92 Å². The topological polar surface area (TPSA) is 12.0 Å². The van der Waals surface area contributed by atoms with E-state index in [-0.39, 0.29) is 0 Å². The van der Waals surface area contributed by atoms with Crippen molar-refractivity contribution < 1.29 is 0 Å². The maximum Gasteiger partial charge on any atom is 0.0296 e. The number of rotatable bonds is 1. The molecule has 1 aliphatic heterocycles. The monoisotopic (exact) mass is 165 g/mol. The molecule has 0 saturated heterocycles. The molecule has 1 heterocycles. The Labute approximate surface area is 75.2 Å². The van der Waals surface area contributed by atoms with Crippen molar-refractivity contribution in [3.8, 4) is 0 Å². The van der Waals surface area contributed by atoms with Crippen LogP contribution >= 0.6 is 0 Å². The van der Waals surface area contributed by atoms with Crippen molar-refractivity contribution in [2.24, 2.45) is 5.92 Å². The summed E-state index contributed by atoms with van der Waals surface area (Å²) >= 11 is 0. The Morgan fingerprint density at radius 3 is 2.83 bits per heavy atom. The molecular formula is C11H19N. The van der Waals surface area contributed by atoms with Crippen molar-refractivity contribution in [2.45, 2.75) is 52.0 Å².